The zero-order valence-corrected chi connectivity index (χ0v) is 63.8. The van der Waals surface area contributed by atoms with Crippen LogP contribution in [0.25, 0.3) is 0 Å². The maximum absolute atomic E-state index is 13.1. The van der Waals surface area contributed by atoms with Crippen molar-refractivity contribution in [2.75, 3.05) is 39.6 Å². The van der Waals surface area contributed by atoms with Crippen LogP contribution in [0.2, 0.25) is 0 Å². The van der Waals surface area contributed by atoms with Gasteiger partial charge in [-0.2, -0.15) is 0 Å². The molecule has 0 amide bonds. The molecule has 0 aromatic heterocycles. The van der Waals surface area contributed by atoms with E-state index in [1.807, 2.05) is 0 Å². The van der Waals surface area contributed by atoms with Crippen molar-refractivity contribution in [3.05, 3.63) is 24.3 Å². The van der Waals surface area contributed by atoms with E-state index in [0.29, 0.717) is 25.7 Å². The van der Waals surface area contributed by atoms with Gasteiger partial charge in [0.1, 0.15) is 19.3 Å². The lowest BCUT2D eigenvalue weighted by molar-refractivity contribution is -0.161. The molecule has 0 aromatic rings. The Bertz CT molecular complexity index is 1930. The summed E-state index contributed by atoms with van der Waals surface area (Å²) in [4.78, 5) is 72.8. The van der Waals surface area contributed by atoms with Gasteiger partial charge in [0.05, 0.1) is 26.4 Å². The molecular weight excluding hydrogens is 1260 g/mol. The third-order valence-electron chi connectivity index (χ3n) is 17.4. The van der Waals surface area contributed by atoms with Crippen LogP contribution in [0.3, 0.4) is 0 Å². The summed E-state index contributed by atoms with van der Waals surface area (Å²) < 4.78 is 68.5. The number of phosphoric acid groups is 2. The number of carbonyl (C=O) groups excluding carboxylic acids is 4. The van der Waals surface area contributed by atoms with E-state index in [1.165, 1.54) is 186 Å². The Morgan fingerprint density at radius 3 is 0.854 bits per heavy atom. The van der Waals surface area contributed by atoms with E-state index in [-0.39, 0.29) is 25.7 Å². The first kappa shape index (κ1) is 93.5. The Labute approximate surface area is 586 Å². The Balaban J connectivity index is 5.26. The highest BCUT2D eigenvalue weighted by Crippen LogP contribution is 2.45. The van der Waals surface area contributed by atoms with Crippen molar-refractivity contribution in [2.24, 2.45) is 5.92 Å². The van der Waals surface area contributed by atoms with Crippen LogP contribution in [0, 0.1) is 5.92 Å². The minimum Gasteiger partial charge on any atom is -0.462 e. The molecule has 17 nitrogen and oxygen atoms in total. The van der Waals surface area contributed by atoms with Crippen LogP contribution in [0.1, 0.15) is 381 Å². The molecule has 19 heteroatoms. The third-order valence-corrected chi connectivity index (χ3v) is 19.3. The van der Waals surface area contributed by atoms with Crippen molar-refractivity contribution in [1.82, 2.24) is 0 Å². The number of aliphatic hydroxyl groups excluding tert-OH is 1. The van der Waals surface area contributed by atoms with Gasteiger partial charge in [0, 0.05) is 25.7 Å². The van der Waals surface area contributed by atoms with Crippen LogP contribution < -0.4 is 0 Å². The van der Waals surface area contributed by atoms with Crippen molar-refractivity contribution < 1.29 is 80.2 Å². The topological polar surface area (TPSA) is 237 Å². The summed E-state index contributed by atoms with van der Waals surface area (Å²) in [5.41, 5.74) is 0. The third kappa shape index (κ3) is 70.0. The van der Waals surface area contributed by atoms with Crippen LogP contribution in [0.4, 0.5) is 0 Å². The minimum absolute atomic E-state index is 0.101. The molecular formula is C77H146O17P2. The molecule has 3 N–H and O–H groups in total. The quantitative estimate of drug-likeness (QED) is 0.0169. The van der Waals surface area contributed by atoms with E-state index in [9.17, 15) is 43.2 Å². The van der Waals surface area contributed by atoms with Crippen molar-refractivity contribution in [3.63, 3.8) is 0 Å². The zero-order valence-electron chi connectivity index (χ0n) is 62.0. The fourth-order valence-electron chi connectivity index (χ4n) is 11.3. The van der Waals surface area contributed by atoms with Crippen LogP contribution >= 0.6 is 15.6 Å². The average Bonchev–Trinajstić information content (AvgIpc) is 1.66. The van der Waals surface area contributed by atoms with E-state index in [2.05, 4.69) is 58.9 Å². The SMILES string of the molecule is CCCCCC/C=C\C=C/CCCCCCCC(=O)OC[C@H](COP(=O)(O)OC[C@@H](O)COP(=O)(O)OC[C@@H](COC(=O)CCCCCCCCCCCCC)OC(=O)CCCCCCCCCCCCC)OC(=O)CCCCCCCCCCCCCCCCCCC(C)C. The number of ether oxygens (including phenoxy) is 4. The number of rotatable bonds is 75. The number of aliphatic hydroxyl groups is 1. The molecule has 0 spiro atoms. The largest absolute Gasteiger partial charge is 0.472 e. The monoisotopic (exact) mass is 1410 g/mol. The van der Waals surface area contributed by atoms with Gasteiger partial charge < -0.3 is 33.8 Å². The molecule has 0 saturated carbocycles. The number of allylic oxidation sites excluding steroid dienone is 4. The summed E-state index contributed by atoms with van der Waals surface area (Å²) in [6.45, 7) is 7.25. The highest BCUT2D eigenvalue weighted by atomic mass is 31.2. The molecule has 5 atom stereocenters. The summed E-state index contributed by atoms with van der Waals surface area (Å²) >= 11 is 0. The van der Waals surface area contributed by atoms with Crippen molar-refractivity contribution >= 4 is 39.5 Å². The molecule has 0 saturated heterocycles. The second kappa shape index (κ2) is 69.6. The Hall–Kier alpha value is -2.46. The fraction of sp³-hybridized carbons (Fsp3) is 0.896. The Kier molecular flexibility index (Phi) is 67.8. The van der Waals surface area contributed by atoms with Crippen molar-refractivity contribution in [3.8, 4) is 0 Å². The van der Waals surface area contributed by atoms with E-state index in [0.717, 1.165) is 115 Å². The predicted molar refractivity (Wildman–Crippen MR) is 391 cm³/mol. The molecule has 0 heterocycles. The highest BCUT2D eigenvalue weighted by molar-refractivity contribution is 7.47. The maximum Gasteiger partial charge on any atom is 0.472 e. The first-order chi connectivity index (χ1) is 46.5. The first-order valence-corrected chi connectivity index (χ1v) is 42.4. The predicted octanol–water partition coefficient (Wildman–Crippen LogP) is 22.4. The molecule has 0 aliphatic heterocycles. The molecule has 0 bridgehead atoms. The second-order valence-corrected chi connectivity index (χ2v) is 30.4. The number of unbranched alkanes of at least 4 members (excludes halogenated alkanes) is 44. The van der Waals surface area contributed by atoms with Gasteiger partial charge in [-0.15, -0.1) is 0 Å². The van der Waals surface area contributed by atoms with Crippen molar-refractivity contribution in [2.45, 2.75) is 400 Å². The van der Waals surface area contributed by atoms with Crippen molar-refractivity contribution in [1.29, 1.82) is 0 Å². The summed E-state index contributed by atoms with van der Waals surface area (Å²) in [7, 11) is -9.92. The lowest BCUT2D eigenvalue weighted by Gasteiger charge is -2.21. The molecule has 96 heavy (non-hydrogen) atoms. The summed E-state index contributed by atoms with van der Waals surface area (Å²) in [5.74, 6) is -1.33. The molecule has 0 radical (unpaired) electrons. The van der Waals surface area contributed by atoms with Gasteiger partial charge in [-0.25, -0.2) is 9.13 Å². The second-order valence-electron chi connectivity index (χ2n) is 27.5. The number of esters is 4. The first-order valence-electron chi connectivity index (χ1n) is 39.5. The lowest BCUT2D eigenvalue weighted by atomic mass is 10.0. The number of hydrogen-bond donors (Lipinski definition) is 3. The van der Waals surface area contributed by atoms with Crippen LogP contribution in [-0.4, -0.2) is 96.7 Å². The van der Waals surface area contributed by atoms with Gasteiger partial charge in [-0.05, 0) is 57.3 Å². The molecule has 0 rings (SSSR count). The number of hydrogen-bond acceptors (Lipinski definition) is 15. The van der Waals surface area contributed by atoms with E-state index in [1.54, 1.807) is 0 Å². The zero-order chi connectivity index (χ0) is 70.5. The highest BCUT2D eigenvalue weighted by Gasteiger charge is 2.30. The smallest absolute Gasteiger partial charge is 0.462 e. The van der Waals surface area contributed by atoms with E-state index < -0.39 is 97.5 Å². The van der Waals surface area contributed by atoms with Crippen LogP contribution in [-0.2, 0) is 65.4 Å². The number of carbonyl (C=O) groups is 4. The van der Waals surface area contributed by atoms with Gasteiger partial charge in [0.25, 0.3) is 0 Å². The average molecular weight is 1410 g/mol. The standard InChI is InChI=1S/C77H146O17P2/c1-6-9-12-15-18-21-24-25-28-32-37-41-46-51-56-61-75(80)88-67-73(94-77(82)63-58-53-48-43-38-33-30-27-26-29-31-36-39-44-49-54-59-70(4)5)69-92-96(85,86)90-65-71(78)64-89-95(83,84)91-68-72(93-76(81)62-57-52-47-42-35-23-20-17-14-11-8-3)66-87-74(79)60-55-50-45-40-34-22-19-16-13-10-7-2/h21,24-25,28,70-73,78H,6-20,22-23,26-27,29-69H2,1-5H3,(H,83,84)(H,85,86)/b24-21-,28-25-/t71-,72+,73+/m0/s1. The van der Waals surface area contributed by atoms with E-state index >= 15 is 0 Å². The molecule has 2 unspecified atom stereocenters. The normalized spacial score (nSPS) is 14.1. The summed E-state index contributed by atoms with van der Waals surface area (Å²) in [5, 5.41) is 10.6. The number of phosphoric ester groups is 2. The van der Waals surface area contributed by atoms with Gasteiger partial charge in [0.2, 0.25) is 0 Å². The minimum atomic E-state index is -4.96. The van der Waals surface area contributed by atoms with Crippen LogP contribution in [0.5, 0.6) is 0 Å². The van der Waals surface area contributed by atoms with Crippen LogP contribution in [0.15, 0.2) is 24.3 Å². The fourth-order valence-corrected chi connectivity index (χ4v) is 12.9. The molecule has 0 aliphatic rings. The van der Waals surface area contributed by atoms with Gasteiger partial charge in [-0.1, -0.05) is 329 Å². The molecule has 0 aromatic carbocycles. The molecule has 0 aliphatic carbocycles. The summed E-state index contributed by atoms with van der Waals surface area (Å²) in [6, 6.07) is 0. The maximum atomic E-state index is 13.1. The molecule has 566 valence electrons. The van der Waals surface area contributed by atoms with Gasteiger partial charge in [-0.3, -0.25) is 37.3 Å². The Morgan fingerprint density at radius 2 is 0.562 bits per heavy atom. The van der Waals surface area contributed by atoms with E-state index in [4.69, 9.17) is 37.0 Å². The van der Waals surface area contributed by atoms with Gasteiger partial charge >= 0.3 is 39.5 Å². The Morgan fingerprint density at radius 1 is 0.323 bits per heavy atom. The summed E-state index contributed by atoms with van der Waals surface area (Å²) in [6.07, 6.45) is 61.7. The lowest BCUT2D eigenvalue weighted by Crippen LogP contribution is -2.30. The molecule has 0 fully saturated rings. The van der Waals surface area contributed by atoms with Gasteiger partial charge in [0.15, 0.2) is 12.2 Å².